The Morgan fingerprint density at radius 1 is 1.10 bits per heavy atom. The summed E-state index contributed by atoms with van der Waals surface area (Å²) >= 11 is 0. The lowest BCUT2D eigenvalue weighted by atomic mass is 10.0. The predicted molar refractivity (Wildman–Crippen MR) is 110 cm³/mol. The van der Waals surface area contributed by atoms with E-state index < -0.39 is 10.0 Å². The number of aryl methyl sites for hydroxylation is 5. The highest BCUT2D eigenvalue weighted by Crippen LogP contribution is 2.24. The Balaban J connectivity index is 1.63. The molecule has 2 heterocycles. The van der Waals surface area contributed by atoms with E-state index in [4.69, 9.17) is 4.52 Å². The first-order valence-electron chi connectivity index (χ1n) is 9.97. The third kappa shape index (κ3) is 4.70. The number of carbonyl (C=O) groups excluding carboxylic acids is 1. The Morgan fingerprint density at radius 2 is 1.86 bits per heavy atom. The van der Waals surface area contributed by atoms with E-state index in [-0.39, 0.29) is 17.3 Å². The molecular formula is C21H29N3O4S. The smallest absolute Gasteiger partial charge is 0.248 e. The van der Waals surface area contributed by atoms with E-state index in [9.17, 15) is 13.2 Å². The van der Waals surface area contributed by atoms with Crippen molar-refractivity contribution in [3.8, 4) is 0 Å². The average molecular weight is 420 g/mol. The maximum Gasteiger partial charge on any atom is 0.248 e. The zero-order valence-corrected chi connectivity index (χ0v) is 18.4. The summed E-state index contributed by atoms with van der Waals surface area (Å²) in [5, 5.41) is 3.76. The van der Waals surface area contributed by atoms with E-state index in [0.29, 0.717) is 50.4 Å². The number of nitrogens with zero attached hydrogens (tertiary/aromatic N) is 3. The Bertz CT molecular complexity index is 978. The van der Waals surface area contributed by atoms with Gasteiger partial charge in [0.05, 0.1) is 0 Å². The minimum absolute atomic E-state index is 0.0709. The van der Waals surface area contributed by atoms with E-state index in [0.717, 1.165) is 0 Å². The monoisotopic (exact) mass is 419 g/mol. The van der Waals surface area contributed by atoms with Crippen LogP contribution in [-0.2, 0) is 21.2 Å². The van der Waals surface area contributed by atoms with Crippen LogP contribution in [-0.4, -0.2) is 54.9 Å². The summed E-state index contributed by atoms with van der Waals surface area (Å²) in [7, 11) is -3.68. The molecule has 0 saturated carbocycles. The first-order valence-corrected chi connectivity index (χ1v) is 11.4. The van der Waals surface area contributed by atoms with Crippen molar-refractivity contribution in [3.63, 3.8) is 0 Å². The Hall–Kier alpha value is -2.19. The standard InChI is InChI=1S/C21H29N3O4S/c1-15-6-7-19(16(2)14-15)8-9-20(25)23-10-5-11-24(13-12-23)29(26,27)21-17(3)22-28-18(21)4/h6-7,14H,5,8-13H2,1-4H3. The lowest BCUT2D eigenvalue weighted by molar-refractivity contribution is -0.131. The first kappa shape index (κ1) is 21.5. The molecule has 29 heavy (non-hydrogen) atoms. The maximum atomic E-state index is 13.0. The fourth-order valence-electron chi connectivity index (χ4n) is 3.88. The molecule has 1 fully saturated rings. The van der Waals surface area contributed by atoms with Crippen molar-refractivity contribution in [3.05, 3.63) is 46.3 Å². The van der Waals surface area contributed by atoms with Crippen molar-refractivity contribution in [1.82, 2.24) is 14.4 Å². The van der Waals surface area contributed by atoms with E-state index in [1.165, 1.54) is 21.0 Å². The molecule has 0 N–H and O–H groups in total. The van der Waals surface area contributed by atoms with Crippen molar-refractivity contribution in [2.24, 2.45) is 0 Å². The van der Waals surface area contributed by atoms with Crippen molar-refractivity contribution in [2.75, 3.05) is 26.2 Å². The third-order valence-corrected chi connectivity index (χ3v) is 7.62. The summed E-state index contributed by atoms with van der Waals surface area (Å²) in [5.74, 6) is 0.370. The van der Waals surface area contributed by atoms with Crippen LogP contribution in [0.25, 0.3) is 0 Å². The molecule has 1 aliphatic heterocycles. The normalized spacial score (nSPS) is 16.1. The second-order valence-corrected chi connectivity index (χ2v) is 9.60. The van der Waals surface area contributed by atoms with Crippen molar-refractivity contribution >= 4 is 15.9 Å². The van der Waals surface area contributed by atoms with Crippen LogP contribution in [0.2, 0.25) is 0 Å². The quantitative estimate of drug-likeness (QED) is 0.744. The molecule has 0 bridgehead atoms. The van der Waals surface area contributed by atoms with Crippen LogP contribution < -0.4 is 0 Å². The molecule has 0 spiro atoms. The molecule has 7 nitrogen and oxygen atoms in total. The van der Waals surface area contributed by atoms with Gasteiger partial charge in [0, 0.05) is 32.6 Å². The molecule has 8 heteroatoms. The molecule has 1 amide bonds. The van der Waals surface area contributed by atoms with Crippen LogP contribution in [0, 0.1) is 27.7 Å². The largest absolute Gasteiger partial charge is 0.360 e. The van der Waals surface area contributed by atoms with E-state index in [1.807, 2.05) is 0 Å². The molecule has 0 radical (unpaired) electrons. The Labute approximate surface area is 172 Å². The minimum Gasteiger partial charge on any atom is -0.360 e. The van der Waals surface area contributed by atoms with Gasteiger partial charge in [-0.3, -0.25) is 4.79 Å². The number of carbonyl (C=O) groups is 1. The van der Waals surface area contributed by atoms with Crippen LogP contribution in [0.1, 0.15) is 41.0 Å². The fraction of sp³-hybridized carbons (Fsp3) is 0.524. The second kappa shape index (κ2) is 8.67. The minimum atomic E-state index is -3.68. The number of sulfonamides is 1. The van der Waals surface area contributed by atoms with Crippen LogP contribution >= 0.6 is 0 Å². The highest BCUT2D eigenvalue weighted by Gasteiger charge is 2.32. The summed E-state index contributed by atoms with van der Waals surface area (Å²) in [6.07, 6.45) is 1.74. The number of hydrogen-bond donors (Lipinski definition) is 0. The molecule has 3 rings (SSSR count). The fourth-order valence-corrected chi connectivity index (χ4v) is 5.64. The number of hydrogen-bond acceptors (Lipinski definition) is 5. The molecule has 1 aliphatic rings. The summed E-state index contributed by atoms with van der Waals surface area (Å²) < 4.78 is 32.5. The molecular weight excluding hydrogens is 390 g/mol. The predicted octanol–water partition coefficient (Wildman–Crippen LogP) is 2.76. The van der Waals surface area contributed by atoms with Crippen molar-refractivity contribution in [1.29, 1.82) is 0 Å². The highest BCUT2D eigenvalue weighted by molar-refractivity contribution is 7.89. The van der Waals surface area contributed by atoms with Crippen LogP contribution in [0.5, 0.6) is 0 Å². The van der Waals surface area contributed by atoms with Gasteiger partial charge in [-0.15, -0.1) is 0 Å². The van der Waals surface area contributed by atoms with Gasteiger partial charge in [0.25, 0.3) is 0 Å². The number of benzene rings is 1. The van der Waals surface area contributed by atoms with Gasteiger partial charge >= 0.3 is 0 Å². The van der Waals surface area contributed by atoms with Gasteiger partial charge in [-0.1, -0.05) is 28.9 Å². The number of rotatable bonds is 5. The highest BCUT2D eigenvalue weighted by atomic mass is 32.2. The average Bonchev–Trinajstić information content (AvgIpc) is 2.85. The molecule has 2 aromatic rings. The van der Waals surface area contributed by atoms with Gasteiger partial charge in [-0.25, -0.2) is 8.42 Å². The van der Waals surface area contributed by atoms with Crippen LogP contribution in [0.3, 0.4) is 0 Å². The lowest BCUT2D eigenvalue weighted by Gasteiger charge is -2.22. The zero-order chi connectivity index (χ0) is 21.2. The first-order chi connectivity index (χ1) is 13.7. The molecule has 0 aliphatic carbocycles. The molecule has 1 aromatic carbocycles. The second-order valence-electron chi connectivity index (χ2n) is 7.72. The van der Waals surface area contributed by atoms with Crippen molar-refractivity contribution < 1.29 is 17.7 Å². The summed E-state index contributed by atoms with van der Waals surface area (Å²) in [6, 6.07) is 6.28. The van der Waals surface area contributed by atoms with Crippen LogP contribution in [0.15, 0.2) is 27.6 Å². The third-order valence-electron chi connectivity index (χ3n) is 5.48. The Kier molecular flexibility index (Phi) is 6.43. The van der Waals surface area contributed by atoms with E-state index in [2.05, 4.69) is 37.2 Å². The summed E-state index contributed by atoms with van der Waals surface area (Å²) in [4.78, 5) is 14.7. The van der Waals surface area contributed by atoms with Crippen LogP contribution in [0.4, 0.5) is 0 Å². The number of amides is 1. The van der Waals surface area contributed by atoms with Gasteiger partial charge in [0.15, 0.2) is 5.76 Å². The molecule has 1 saturated heterocycles. The molecule has 0 atom stereocenters. The topological polar surface area (TPSA) is 83.7 Å². The van der Waals surface area contributed by atoms with Gasteiger partial charge in [0.1, 0.15) is 10.6 Å². The Morgan fingerprint density at radius 3 is 2.52 bits per heavy atom. The van der Waals surface area contributed by atoms with Gasteiger partial charge in [-0.2, -0.15) is 4.31 Å². The molecule has 1 aromatic heterocycles. The summed E-state index contributed by atoms with van der Waals surface area (Å²) in [6.45, 7) is 8.98. The lowest BCUT2D eigenvalue weighted by Crippen LogP contribution is -2.37. The van der Waals surface area contributed by atoms with Gasteiger partial charge in [0.2, 0.25) is 15.9 Å². The molecule has 158 valence electrons. The maximum absolute atomic E-state index is 13.0. The van der Waals surface area contributed by atoms with E-state index in [1.54, 1.807) is 18.7 Å². The SMILES string of the molecule is Cc1ccc(CCC(=O)N2CCCN(S(=O)(=O)c3c(C)noc3C)CC2)c(C)c1. The zero-order valence-electron chi connectivity index (χ0n) is 17.6. The van der Waals surface area contributed by atoms with Gasteiger partial charge < -0.3 is 9.42 Å². The summed E-state index contributed by atoms with van der Waals surface area (Å²) in [5.41, 5.74) is 3.96. The molecule has 0 unspecified atom stereocenters. The van der Waals surface area contributed by atoms with E-state index >= 15 is 0 Å². The number of aromatic nitrogens is 1. The van der Waals surface area contributed by atoms with Gasteiger partial charge in [-0.05, 0) is 51.7 Å². The van der Waals surface area contributed by atoms with Crippen molar-refractivity contribution in [2.45, 2.75) is 51.9 Å².